The van der Waals surface area contributed by atoms with Crippen LogP contribution in [0.3, 0.4) is 0 Å². The van der Waals surface area contributed by atoms with Crippen LogP contribution in [0.15, 0.2) is 87.1 Å². The summed E-state index contributed by atoms with van der Waals surface area (Å²) >= 11 is 3.41. The third-order valence-corrected chi connectivity index (χ3v) is 6.10. The van der Waals surface area contributed by atoms with Crippen molar-refractivity contribution in [3.8, 4) is 0 Å². The summed E-state index contributed by atoms with van der Waals surface area (Å²) in [6.45, 7) is 3.86. The molecule has 2 aromatic carbocycles. The summed E-state index contributed by atoms with van der Waals surface area (Å²) < 4.78 is 6.63. The minimum Gasteiger partial charge on any atom is -0.503 e. The minimum atomic E-state index is -0.896. The van der Waals surface area contributed by atoms with E-state index in [0.717, 1.165) is 21.0 Å². The lowest BCUT2D eigenvalue weighted by Crippen LogP contribution is -2.31. The first kappa shape index (κ1) is 21.2. The highest BCUT2D eigenvalue weighted by Gasteiger charge is 2.46. The number of carbonyl (C=O) groups excluding carboxylic acids is 2. The van der Waals surface area contributed by atoms with E-state index in [1.54, 1.807) is 36.5 Å². The van der Waals surface area contributed by atoms with Crippen molar-refractivity contribution in [2.75, 3.05) is 4.90 Å². The van der Waals surface area contributed by atoms with Crippen molar-refractivity contribution < 1.29 is 19.1 Å². The molecule has 2 aromatic heterocycles. The molecule has 1 aliphatic heterocycles. The van der Waals surface area contributed by atoms with Crippen molar-refractivity contribution in [1.82, 2.24) is 4.98 Å². The summed E-state index contributed by atoms with van der Waals surface area (Å²) in [5.74, 6) is -1.77. The fraction of sp³-hybridized carbons (Fsp3) is 0.115. The third kappa shape index (κ3) is 3.64. The molecule has 7 heteroatoms. The summed E-state index contributed by atoms with van der Waals surface area (Å²) in [6, 6.07) is 17.1. The van der Waals surface area contributed by atoms with E-state index in [0.29, 0.717) is 17.0 Å². The highest BCUT2D eigenvalue weighted by Crippen LogP contribution is 2.42. The minimum absolute atomic E-state index is 0.0423. The Morgan fingerprint density at radius 2 is 1.82 bits per heavy atom. The second kappa shape index (κ2) is 8.01. The van der Waals surface area contributed by atoms with Crippen LogP contribution < -0.4 is 4.90 Å². The van der Waals surface area contributed by atoms with Crippen molar-refractivity contribution >= 4 is 44.3 Å². The first-order chi connectivity index (χ1) is 15.8. The number of Topliss-reactive ketones (excluding diaryl/α,β-unsaturated/α-hetero) is 1. The highest BCUT2D eigenvalue weighted by molar-refractivity contribution is 9.10. The van der Waals surface area contributed by atoms with Gasteiger partial charge in [0.15, 0.2) is 11.5 Å². The molecule has 0 aliphatic carbocycles. The van der Waals surface area contributed by atoms with Gasteiger partial charge in [0.05, 0.1) is 11.3 Å². The van der Waals surface area contributed by atoms with Gasteiger partial charge in [0, 0.05) is 21.7 Å². The number of halogens is 1. The molecule has 3 heterocycles. The maximum absolute atomic E-state index is 13.6. The first-order valence-electron chi connectivity index (χ1n) is 10.3. The van der Waals surface area contributed by atoms with Gasteiger partial charge >= 0.3 is 0 Å². The SMILES string of the molecule is Cc1cc(C)cc(N2C(=O)C(O)=C(C(=O)c3cc4cc(Br)ccc4o3)C2c2ccccn2)c1. The van der Waals surface area contributed by atoms with Crippen LogP contribution in [0.5, 0.6) is 0 Å². The normalized spacial score (nSPS) is 16.2. The maximum atomic E-state index is 13.6. The number of benzene rings is 2. The average Bonchev–Trinajstić information content (AvgIpc) is 3.32. The Bertz CT molecular complexity index is 1440. The predicted octanol–water partition coefficient (Wildman–Crippen LogP) is 5.99. The number of ketones is 1. The van der Waals surface area contributed by atoms with Gasteiger partial charge in [-0.15, -0.1) is 0 Å². The monoisotopic (exact) mass is 502 g/mol. The zero-order chi connectivity index (χ0) is 23.3. The van der Waals surface area contributed by atoms with Crippen LogP contribution in [-0.2, 0) is 4.79 Å². The van der Waals surface area contributed by atoms with E-state index in [4.69, 9.17) is 4.42 Å². The molecule has 0 saturated heterocycles. The van der Waals surface area contributed by atoms with E-state index in [1.165, 1.54) is 4.90 Å². The molecule has 1 aliphatic rings. The second-order valence-corrected chi connectivity index (χ2v) is 8.98. The van der Waals surface area contributed by atoms with Gasteiger partial charge in [0.2, 0.25) is 5.78 Å². The van der Waals surface area contributed by atoms with Crippen LogP contribution in [0.4, 0.5) is 5.69 Å². The maximum Gasteiger partial charge on any atom is 0.294 e. The Morgan fingerprint density at radius 1 is 1.06 bits per heavy atom. The smallest absolute Gasteiger partial charge is 0.294 e. The number of aromatic nitrogens is 1. The Labute approximate surface area is 198 Å². The van der Waals surface area contributed by atoms with Gasteiger partial charge in [0.25, 0.3) is 5.91 Å². The summed E-state index contributed by atoms with van der Waals surface area (Å²) in [4.78, 5) is 32.7. The first-order valence-corrected chi connectivity index (χ1v) is 11.1. The molecule has 6 nitrogen and oxygen atoms in total. The third-order valence-electron chi connectivity index (χ3n) is 5.61. The number of hydrogen-bond donors (Lipinski definition) is 1. The molecule has 0 radical (unpaired) electrons. The molecule has 33 heavy (non-hydrogen) atoms. The molecule has 1 atom stereocenters. The Balaban J connectivity index is 1.67. The average molecular weight is 503 g/mol. The van der Waals surface area contributed by atoms with Crippen molar-refractivity contribution in [2.45, 2.75) is 19.9 Å². The molecule has 0 spiro atoms. The van der Waals surface area contributed by atoms with E-state index in [1.807, 2.05) is 44.2 Å². The molecule has 1 amide bonds. The van der Waals surface area contributed by atoms with Gasteiger partial charge in [-0.1, -0.05) is 28.1 Å². The summed E-state index contributed by atoms with van der Waals surface area (Å²) in [5, 5.41) is 11.6. The van der Waals surface area contributed by atoms with Crippen LogP contribution >= 0.6 is 15.9 Å². The quantitative estimate of drug-likeness (QED) is 0.346. The fourth-order valence-corrected chi connectivity index (χ4v) is 4.65. The number of nitrogens with zero attached hydrogens (tertiary/aromatic N) is 2. The Morgan fingerprint density at radius 3 is 2.52 bits per heavy atom. The van der Waals surface area contributed by atoms with Crippen molar-refractivity contribution in [3.05, 3.63) is 105 Å². The van der Waals surface area contributed by atoms with Crippen molar-refractivity contribution in [1.29, 1.82) is 0 Å². The van der Waals surface area contributed by atoms with Crippen LogP contribution in [-0.4, -0.2) is 21.8 Å². The zero-order valence-electron chi connectivity index (χ0n) is 17.9. The highest BCUT2D eigenvalue weighted by atomic mass is 79.9. The number of amides is 1. The molecule has 1 N–H and O–H groups in total. The molecular weight excluding hydrogens is 484 g/mol. The molecular formula is C26H19BrN2O4. The van der Waals surface area contributed by atoms with Gasteiger partial charge in [-0.3, -0.25) is 19.5 Å². The number of aliphatic hydroxyl groups excluding tert-OH is 1. The van der Waals surface area contributed by atoms with E-state index in [9.17, 15) is 14.7 Å². The summed E-state index contributed by atoms with van der Waals surface area (Å²) in [5.41, 5.74) is 3.44. The van der Waals surface area contributed by atoms with Crippen LogP contribution in [0.25, 0.3) is 11.0 Å². The summed E-state index contributed by atoms with van der Waals surface area (Å²) in [7, 11) is 0. The van der Waals surface area contributed by atoms with Crippen LogP contribution in [0.2, 0.25) is 0 Å². The molecule has 4 aromatic rings. The number of aliphatic hydroxyl groups is 1. The Kier molecular flexibility index (Phi) is 5.13. The van der Waals surface area contributed by atoms with Gasteiger partial charge in [-0.2, -0.15) is 0 Å². The standard InChI is InChI=1S/C26H19BrN2O4/c1-14-9-15(2)11-18(10-14)29-23(19-5-3-4-8-28-19)22(25(31)26(29)32)24(30)21-13-16-12-17(27)6-7-20(16)33-21/h3-13,23,31H,1-2H3. The van der Waals surface area contributed by atoms with Crippen LogP contribution in [0.1, 0.15) is 33.4 Å². The predicted molar refractivity (Wildman–Crippen MR) is 128 cm³/mol. The number of aryl methyl sites for hydroxylation is 2. The van der Waals surface area contributed by atoms with Gasteiger partial charge in [-0.25, -0.2) is 0 Å². The van der Waals surface area contributed by atoms with Crippen LogP contribution in [0, 0.1) is 13.8 Å². The second-order valence-electron chi connectivity index (χ2n) is 8.06. The largest absolute Gasteiger partial charge is 0.503 e. The zero-order valence-corrected chi connectivity index (χ0v) is 19.5. The van der Waals surface area contributed by atoms with Crippen molar-refractivity contribution in [2.24, 2.45) is 0 Å². The number of anilines is 1. The lowest BCUT2D eigenvalue weighted by atomic mass is 9.97. The van der Waals surface area contributed by atoms with E-state index < -0.39 is 23.5 Å². The molecule has 5 rings (SSSR count). The number of pyridine rings is 1. The number of fused-ring (bicyclic) bond motifs is 1. The Hall–Kier alpha value is -3.71. The number of furan rings is 1. The number of hydrogen-bond acceptors (Lipinski definition) is 5. The van der Waals surface area contributed by atoms with Gasteiger partial charge in [0.1, 0.15) is 11.6 Å². The number of rotatable bonds is 4. The summed E-state index contributed by atoms with van der Waals surface area (Å²) in [6.07, 6.45) is 1.59. The lowest BCUT2D eigenvalue weighted by molar-refractivity contribution is -0.117. The van der Waals surface area contributed by atoms with E-state index in [2.05, 4.69) is 20.9 Å². The lowest BCUT2D eigenvalue weighted by Gasteiger charge is -2.26. The van der Waals surface area contributed by atoms with Gasteiger partial charge in [-0.05, 0) is 73.5 Å². The molecule has 1 unspecified atom stereocenters. The molecule has 0 fully saturated rings. The van der Waals surface area contributed by atoms with E-state index >= 15 is 0 Å². The topological polar surface area (TPSA) is 83.6 Å². The number of carbonyl (C=O) groups is 2. The molecule has 164 valence electrons. The van der Waals surface area contributed by atoms with Gasteiger partial charge < -0.3 is 9.52 Å². The molecule has 0 bridgehead atoms. The van der Waals surface area contributed by atoms with E-state index in [-0.39, 0.29) is 11.3 Å². The fourth-order valence-electron chi connectivity index (χ4n) is 4.27. The van der Waals surface area contributed by atoms with Crippen molar-refractivity contribution in [3.63, 3.8) is 0 Å². The molecule has 0 saturated carbocycles.